The lowest BCUT2D eigenvalue weighted by Gasteiger charge is -2.05. The van der Waals surface area contributed by atoms with Crippen LogP contribution in [0.5, 0.6) is 0 Å². The van der Waals surface area contributed by atoms with E-state index in [9.17, 15) is 20.2 Å². The van der Waals surface area contributed by atoms with Gasteiger partial charge in [-0.15, -0.1) is 0 Å². The van der Waals surface area contributed by atoms with Gasteiger partial charge in [0.2, 0.25) is 0 Å². The van der Waals surface area contributed by atoms with E-state index in [4.69, 9.17) is 0 Å². The molecule has 0 radical (unpaired) electrons. The minimum Gasteiger partial charge on any atom is -0.271 e. The number of anilines is 1. The average Bonchev–Trinajstić information content (AvgIpc) is 2.93. The molecule has 116 valence electrons. The molecule has 0 spiro atoms. The summed E-state index contributed by atoms with van der Waals surface area (Å²) in [7, 11) is 0. The predicted molar refractivity (Wildman–Crippen MR) is 83.0 cm³/mol. The second-order valence-electron chi connectivity index (χ2n) is 5.22. The quantitative estimate of drug-likeness (QED) is 0.672. The molecule has 0 bridgehead atoms. The molecule has 8 nitrogen and oxygen atoms in total. The third kappa shape index (κ3) is 3.27. The van der Waals surface area contributed by atoms with Crippen LogP contribution in [-0.2, 0) is 0 Å². The summed E-state index contributed by atoms with van der Waals surface area (Å²) in [5, 5.41) is 26.0. The van der Waals surface area contributed by atoms with Gasteiger partial charge >= 0.3 is 5.69 Å². The van der Waals surface area contributed by atoms with Gasteiger partial charge in [0, 0.05) is 6.07 Å². The molecule has 0 atom stereocenters. The number of non-ortho nitro benzene ring substituents is 1. The van der Waals surface area contributed by atoms with E-state index in [1.54, 1.807) is 0 Å². The van der Waals surface area contributed by atoms with Crippen molar-refractivity contribution >= 4 is 22.8 Å². The van der Waals surface area contributed by atoms with E-state index < -0.39 is 9.85 Å². The highest BCUT2D eigenvalue weighted by molar-refractivity contribution is 6.03. The number of nitro groups is 2. The third-order valence-electron chi connectivity index (χ3n) is 3.49. The molecule has 0 amide bonds. The number of hydrazone groups is 1. The van der Waals surface area contributed by atoms with Gasteiger partial charge in [-0.25, -0.2) is 0 Å². The van der Waals surface area contributed by atoms with Crippen molar-refractivity contribution in [1.82, 2.24) is 0 Å². The second kappa shape index (κ2) is 6.33. The molecule has 0 aromatic heterocycles. The third-order valence-corrected chi connectivity index (χ3v) is 3.49. The van der Waals surface area contributed by atoms with Gasteiger partial charge in [-0.3, -0.25) is 25.7 Å². The lowest BCUT2D eigenvalue weighted by atomic mass is 10.1. The monoisotopic (exact) mass is 304 g/mol. The fourth-order valence-electron chi connectivity index (χ4n) is 2.40. The van der Waals surface area contributed by atoms with Gasteiger partial charge in [0.25, 0.3) is 5.69 Å². The van der Waals surface area contributed by atoms with Crippen LogP contribution in [-0.4, -0.2) is 15.6 Å². The fourth-order valence-corrected chi connectivity index (χ4v) is 2.40. The first-order valence-corrected chi connectivity index (χ1v) is 6.82. The first kappa shape index (κ1) is 15.6. The summed E-state index contributed by atoms with van der Waals surface area (Å²) in [6.07, 6.45) is 2.77. The molecule has 2 rings (SSSR count). The molecule has 1 aromatic rings. The van der Waals surface area contributed by atoms with Crippen molar-refractivity contribution in [3.05, 3.63) is 49.6 Å². The molecule has 22 heavy (non-hydrogen) atoms. The minimum absolute atomic E-state index is 0.142. The SMILES string of the molecule is CC(C)=C1CCC/C1=N\Nc1ccc([N+](=O)[O-])cc1[N+](=O)[O-]. The topological polar surface area (TPSA) is 111 Å². The van der Waals surface area contributed by atoms with Crippen LogP contribution in [0.4, 0.5) is 17.1 Å². The first-order valence-electron chi connectivity index (χ1n) is 6.82. The summed E-state index contributed by atoms with van der Waals surface area (Å²) in [6, 6.07) is 3.45. The smallest absolute Gasteiger partial charge is 0.271 e. The van der Waals surface area contributed by atoms with Gasteiger partial charge < -0.3 is 0 Å². The number of rotatable bonds is 4. The number of benzene rings is 1. The molecular formula is C14H16N4O4. The summed E-state index contributed by atoms with van der Waals surface area (Å²) in [6.45, 7) is 4.01. The number of nitrogens with one attached hydrogen (secondary N) is 1. The van der Waals surface area contributed by atoms with Crippen molar-refractivity contribution in [2.45, 2.75) is 33.1 Å². The molecule has 0 saturated heterocycles. The van der Waals surface area contributed by atoms with Crippen molar-refractivity contribution in [3.8, 4) is 0 Å². The Bertz CT molecular complexity index is 690. The van der Waals surface area contributed by atoms with Crippen molar-refractivity contribution in [3.63, 3.8) is 0 Å². The predicted octanol–water partition coefficient (Wildman–Crippen LogP) is 3.79. The van der Waals surface area contributed by atoms with Crippen molar-refractivity contribution in [2.24, 2.45) is 5.10 Å². The zero-order chi connectivity index (χ0) is 16.3. The normalized spacial score (nSPS) is 15.9. The molecule has 0 unspecified atom stereocenters. The van der Waals surface area contributed by atoms with Crippen LogP contribution in [0, 0.1) is 20.2 Å². The van der Waals surface area contributed by atoms with Gasteiger partial charge in [0.1, 0.15) is 5.69 Å². The fraction of sp³-hybridized carbons (Fsp3) is 0.357. The molecule has 8 heteroatoms. The maximum Gasteiger partial charge on any atom is 0.301 e. The van der Waals surface area contributed by atoms with Crippen LogP contribution in [0.15, 0.2) is 34.4 Å². The molecule has 1 aromatic carbocycles. The van der Waals surface area contributed by atoms with E-state index in [-0.39, 0.29) is 17.1 Å². The molecular weight excluding hydrogens is 288 g/mol. The number of hydrogen-bond acceptors (Lipinski definition) is 6. The lowest BCUT2D eigenvalue weighted by molar-refractivity contribution is -0.393. The van der Waals surface area contributed by atoms with Crippen LogP contribution in [0.3, 0.4) is 0 Å². The van der Waals surface area contributed by atoms with Crippen LogP contribution in [0.25, 0.3) is 0 Å². The van der Waals surface area contributed by atoms with E-state index in [1.807, 2.05) is 13.8 Å². The Labute approximate surface area is 126 Å². The molecule has 0 aliphatic heterocycles. The van der Waals surface area contributed by atoms with Crippen LogP contribution in [0.2, 0.25) is 0 Å². The van der Waals surface area contributed by atoms with E-state index in [0.717, 1.165) is 36.6 Å². The number of nitro benzene ring substituents is 2. The zero-order valence-corrected chi connectivity index (χ0v) is 12.3. The Kier molecular flexibility index (Phi) is 4.50. The molecule has 1 aliphatic carbocycles. The minimum atomic E-state index is -0.666. The van der Waals surface area contributed by atoms with Gasteiger partial charge in [-0.1, -0.05) is 5.57 Å². The number of hydrogen-bond donors (Lipinski definition) is 1. The van der Waals surface area contributed by atoms with Gasteiger partial charge in [-0.05, 0) is 44.7 Å². The lowest BCUT2D eigenvalue weighted by Crippen LogP contribution is -2.03. The Morgan fingerprint density at radius 2 is 1.91 bits per heavy atom. The summed E-state index contributed by atoms with van der Waals surface area (Å²) in [5.41, 5.74) is 5.35. The van der Waals surface area contributed by atoms with Crippen LogP contribution < -0.4 is 5.43 Å². The Hall–Kier alpha value is -2.77. The molecule has 1 N–H and O–H groups in total. The highest BCUT2D eigenvalue weighted by Gasteiger charge is 2.20. The summed E-state index contributed by atoms with van der Waals surface area (Å²) >= 11 is 0. The van der Waals surface area contributed by atoms with Gasteiger partial charge in [-0.2, -0.15) is 5.10 Å². The van der Waals surface area contributed by atoms with Gasteiger partial charge in [0.15, 0.2) is 0 Å². The second-order valence-corrected chi connectivity index (χ2v) is 5.22. The number of allylic oxidation sites excluding steroid dienone is 2. The molecule has 1 saturated carbocycles. The van der Waals surface area contributed by atoms with Crippen LogP contribution in [0.1, 0.15) is 33.1 Å². The molecule has 1 aliphatic rings. The number of nitrogens with zero attached hydrogens (tertiary/aromatic N) is 3. The van der Waals surface area contributed by atoms with Gasteiger partial charge in [0.05, 0.1) is 21.6 Å². The van der Waals surface area contributed by atoms with E-state index in [0.29, 0.717) is 0 Å². The van der Waals surface area contributed by atoms with Crippen LogP contribution >= 0.6 is 0 Å². The first-order chi connectivity index (χ1) is 10.4. The maximum absolute atomic E-state index is 11.1. The largest absolute Gasteiger partial charge is 0.301 e. The summed E-state index contributed by atoms with van der Waals surface area (Å²) in [4.78, 5) is 20.4. The average molecular weight is 304 g/mol. The van der Waals surface area contributed by atoms with E-state index in [2.05, 4.69) is 10.5 Å². The molecule has 0 heterocycles. The van der Waals surface area contributed by atoms with Crippen molar-refractivity contribution in [1.29, 1.82) is 0 Å². The van der Waals surface area contributed by atoms with E-state index >= 15 is 0 Å². The highest BCUT2D eigenvalue weighted by Crippen LogP contribution is 2.30. The summed E-state index contributed by atoms with van der Waals surface area (Å²) < 4.78 is 0. The maximum atomic E-state index is 11.1. The summed E-state index contributed by atoms with van der Waals surface area (Å²) in [5.74, 6) is 0. The Morgan fingerprint density at radius 1 is 1.18 bits per heavy atom. The zero-order valence-electron chi connectivity index (χ0n) is 12.3. The Balaban J connectivity index is 2.32. The standard InChI is InChI=1S/C14H16N4O4/c1-9(2)11-4-3-5-12(11)15-16-13-7-6-10(17(19)20)8-14(13)18(21)22/h6-8,16H,3-5H2,1-2H3/b15-12+. The van der Waals surface area contributed by atoms with Crippen molar-refractivity contribution in [2.75, 3.05) is 5.43 Å². The van der Waals surface area contributed by atoms with Crippen molar-refractivity contribution < 1.29 is 9.85 Å². The highest BCUT2D eigenvalue weighted by atomic mass is 16.6. The Morgan fingerprint density at radius 3 is 2.50 bits per heavy atom. The van der Waals surface area contributed by atoms with E-state index in [1.165, 1.54) is 17.7 Å². The molecule has 1 fully saturated rings.